The molecule has 0 aromatic heterocycles. The summed E-state index contributed by atoms with van der Waals surface area (Å²) in [4.78, 5) is 27.6. The number of aliphatic hydroxyl groups is 1. The number of rotatable bonds is 4. The molecule has 1 aliphatic carbocycles. The molecule has 1 fully saturated rings. The van der Waals surface area contributed by atoms with E-state index in [1.165, 1.54) is 6.21 Å². The van der Waals surface area contributed by atoms with Crippen molar-refractivity contribution in [2.24, 2.45) is 4.99 Å². The molecule has 0 atom stereocenters. The first kappa shape index (κ1) is 11.6. The zero-order valence-electron chi connectivity index (χ0n) is 9.30. The molecule has 1 saturated carbocycles. The van der Waals surface area contributed by atoms with E-state index in [0.29, 0.717) is 19.0 Å². The molecule has 1 amide bonds. The van der Waals surface area contributed by atoms with Crippen molar-refractivity contribution in [1.82, 2.24) is 4.90 Å². The summed E-state index contributed by atoms with van der Waals surface area (Å²) in [5, 5.41) is 18.1. The predicted molar refractivity (Wildman–Crippen MR) is 60.0 cm³/mol. The Balaban J connectivity index is 2.09. The van der Waals surface area contributed by atoms with Crippen LogP contribution in [0.1, 0.15) is 19.3 Å². The molecule has 0 radical (unpaired) electrons. The first-order valence-electron chi connectivity index (χ1n) is 5.54. The van der Waals surface area contributed by atoms with E-state index in [-0.39, 0.29) is 17.2 Å². The van der Waals surface area contributed by atoms with E-state index >= 15 is 0 Å². The number of amides is 1. The van der Waals surface area contributed by atoms with Gasteiger partial charge in [0.15, 0.2) is 0 Å². The lowest BCUT2D eigenvalue weighted by Gasteiger charge is -2.27. The molecule has 6 heteroatoms. The Morgan fingerprint density at radius 1 is 1.53 bits per heavy atom. The Morgan fingerprint density at radius 2 is 2.24 bits per heavy atom. The van der Waals surface area contributed by atoms with E-state index in [1.807, 2.05) is 0 Å². The molecule has 92 valence electrons. The normalized spacial score (nSPS) is 21.4. The van der Waals surface area contributed by atoms with Gasteiger partial charge in [-0.05, 0) is 12.8 Å². The molecular weight excluding hydrogens is 224 g/mol. The van der Waals surface area contributed by atoms with Crippen LogP contribution in [0, 0.1) is 0 Å². The third-order valence-electron chi connectivity index (χ3n) is 2.83. The number of hydrogen-bond donors (Lipinski definition) is 2. The number of carbonyl (C=O) groups excluding carboxylic acids is 1. The Labute approximate surface area is 98.3 Å². The lowest BCUT2D eigenvalue weighted by atomic mass is 10.1. The second-order valence-electron chi connectivity index (χ2n) is 4.20. The molecule has 0 bridgehead atoms. The van der Waals surface area contributed by atoms with Crippen molar-refractivity contribution in [2.75, 3.05) is 13.1 Å². The summed E-state index contributed by atoms with van der Waals surface area (Å²) in [5.41, 5.74) is 0.129. The zero-order valence-corrected chi connectivity index (χ0v) is 9.30. The molecule has 2 aliphatic rings. The van der Waals surface area contributed by atoms with E-state index in [9.17, 15) is 14.7 Å². The maximum atomic E-state index is 12.0. The number of carboxylic acids is 1. The largest absolute Gasteiger partial charge is 0.511 e. The average molecular weight is 238 g/mol. The molecule has 1 aliphatic heterocycles. The van der Waals surface area contributed by atoms with E-state index in [0.717, 1.165) is 12.8 Å². The fourth-order valence-electron chi connectivity index (χ4n) is 1.82. The van der Waals surface area contributed by atoms with Gasteiger partial charge in [0.25, 0.3) is 5.91 Å². The van der Waals surface area contributed by atoms with Gasteiger partial charge in [0, 0.05) is 25.2 Å². The maximum absolute atomic E-state index is 12.0. The first-order valence-corrected chi connectivity index (χ1v) is 5.54. The van der Waals surface area contributed by atoms with Gasteiger partial charge in [-0.3, -0.25) is 14.6 Å². The fraction of sp³-hybridized carbons (Fsp3) is 0.545. The average Bonchev–Trinajstić information content (AvgIpc) is 3.06. The first-order chi connectivity index (χ1) is 8.09. The zero-order chi connectivity index (χ0) is 12.4. The van der Waals surface area contributed by atoms with Crippen molar-refractivity contribution in [3.05, 3.63) is 11.3 Å². The summed E-state index contributed by atoms with van der Waals surface area (Å²) >= 11 is 0. The van der Waals surface area contributed by atoms with Gasteiger partial charge in [0.05, 0.1) is 5.57 Å². The van der Waals surface area contributed by atoms with Crippen molar-refractivity contribution in [3.63, 3.8) is 0 Å². The van der Waals surface area contributed by atoms with Crippen molar-refractivity contribution < 1.29 is 19.8 Å². The lowest BCUT2D eigenvalue weighted by molar-refractivity contribution is -0.135. The molecule has 0 saturated heterocycles. The summed E-state index contributed by atoms with van der Waals surface area (Å²) in [6.45, 7) is 0.138. The standard InChI is InChI=1S/C11H14N2O4/c14-9-3-4-13(7-1-2-7)11(17)8(9)5-12-6-10(15)16/h5,7,14H,1-4,6H2,(H,15,16). The van der Waals surface area contributed by atoms with Crippen LogP contribution in [-0.2, 0) is 9.59 Å². The summed E-state index contributed by atoms with van der Waals surface area (Å²) in [7, 11) is 0. The monoisotopic (exact) mass is 238 g/mol. The van der Waals surface area contributed by atoms with Gasteiger partial charge in [-0.2, -0.15) is 0 Å². The minimum Gasteiger partial charge on any atom is -0.511 e. The molecular formula is C11H14N2O4. The third kappa shape index (κ3) is 2.64. The molecule has 17 heavy (non-hydrogen) atoms. The SMILES string of the molecule is O=C(O)CN=CC1=C(O)CCN(C2CC2)C1=O. The Bertz CT molecular complexity index is 410. The van der Waals surface area contributed by atoms with E-state index < -0.39 is 12.5 Å². The number of carboxylic acid groups (broad SMARTS) is 1. The number of hydrogen-bond acceptors (Lipinski definition) is 4. The molecule has 6 nitrogen and oxygen atoms in total. The predicted octanol–water partition coefficient (Wildman–Crippen LogP) is 0.349. The highest BCUT2D eigenvalue weighted by Crippen LogP contribution is 2.30. The van der Waals surface area contributed by atoms with Crippen LogP contribution in [0.25, 0.3) is 0 Å². The van der Waals surface area contributed by atoms with Gasteiger partial charge in [0.1, 0.15) is 12.3 Å². The van der Waals surface area contributed by atoms with Gasteiger partial charge in [-0.25, -0.2) is 0 Å². The second kappa shape index (κ2) is 4.57. The van der Waals surface area contributed by atoms with Crippen LogP contribution in [0.3, 0.4) is 0 Å². The van der Waals surface area contributed by atoms with Crippen LogP contribution in [0.15, 0.2) is 16.3 Å². The minimum absolute atomic E-state index is 0.000962. The van der Waals surface area contributed by atoms with Crippen LogP contribution >= 0.6 is 0 Å². The van der Waals surface area contributed by atoms with E-state index in [1.54, 1.807) is 4.90 Å². The molecule has 0 aromatic carbocycles. The Morgan fingerprint density at radius 3 is 2.82 bits per heavy atom. The summed E-state index contributed by atoms with van der Waals surface area (Å²) < 4.78 is 0. The molecule has 2 rings (SSSR count). The van der Waals surface area contributed by atoms with Crippen LogP contribution in [-0.4, -0.2) is 52.3 Å². The quantitative estimate of drug-likeness (QED) is 0.691. The summed E-state index contributed by atoms with van der Waals surface area (Å²) in [6, 6.07) is 0.290. The number of nitrogens with zero attached hydrogens (tertiary/aromatic N) is 2. The smallest absolute Gasteiger partial charge is 0.325 e. The minimum atomic E-state index is -1.07. The second-order valence-corrected chi connectivity index (χ2v) is 4.20. The van der Waals surface area contributed by atoms with Crippen molar-refractivity contribution in [1.29, 1.82) is 0 Å². The van der Waals surface area contributed by atoms with Crippen LogP contribution < -0.4 is 0 Å². The van der Waals surface area contributed by atoms with Crippen molar-refractivity contribution in [3.8, 4) is 0 Å². The lowest BCUT2D eigenvalue weighted by Crippen LogP contribution is -2.39. The van der Waals surface area contributed by atoms with Crippen LogP contribution in [0.4, 0.5) is 0 Å². The van der Waals surface area contributed by atoms with Gasteiger partial charge in [-0.15, -0.1) is 0 Å². The summed E-state index contributed by atoms with van der Waals surface area (Å²) in [6.07, 6.45) is 3.59. The fourth-order valence-corrected chi connectivity index (χ4v) is 1.82. The van der Waals surface area contributed by atoms with Gasteiger partial charge in [0.2, 0.25) is 0 Å². The molecule has 2 N–H and O–H groups in total. The number of carbonyl (C=O) groups is 2. The molecule has 0 unspecified atom stereocenters. The number of aliphatic imine (C=N–C) groups is 1. The molecule has 0 aromatic rings. The van der Waals surface area contributed by atoms with Gasteiger partial charge in [-0.1, -0.05) is 0 Å². The third-order valence-corrected chi connectivity index (χ3v) is 2.83. The topological polar surface area (TPSA) is 90.2 Å². The van der Waals surface area contributed by atoms with E-state index in [2.05, 4.69) is 4.99 Å². The van der Waals surface area contributed by atoms with Crippen molar-refractivity contribution >= 4 is 18.1 Å². The number of aliphatic hydroxyl groups excluding tert-OH is 1. The summed E-state index contributed by atoms with van der Waals surface area (Å²) in [5.74, 6) is -1.31. The van der Waals surface area contributed by atoms with Crippen LogP contribution in [0.5, 0.6) is 0 Å². The number of aliphatic carboxylic acids is 1. The Hall–Kier alpha value is -1.85. The van der Waals surface area contributed by atoms with Crippen molar-refractivity contribution in [2.45, 2.75) is 25.3 Å². The Kier molecular flexibility index (Phi) is 3.12. The highest BCUT2D eigenvalue weighted by molar-refractivity contribution is 6.13. The molecule has 1 heterocycles. The van der Waals surface area contributed by atoms with Gasteiger partial charge >= 0.3 is 5.97 Å². The highest BCUT2D eigenvalue weighted by atomic mass is 16.4. The van der Waals surface area contributed by atoms with E-state index in [4.69, 9.17) is 5.11 Å². The maximum Gasteiger partial charge on any atom is 0.325 e. The highest BCUT2D eigenvalue weighted by Gasteiger charge is 2.36. The van der Waals surface area contributed by atoms with Gasteiger partial charge < -0.3 is 15.1 Å². The molecule has 0 spiro atoms. The van der Waals surface area contributed by atoms with Crippen LogP contribution in [0.2, 0.25) is 0 Å².